The summed E-state index contributed by atoms with van der Waals surface area (Å²) >= 11 is 0. The smallest absolute Gasteiger partial charge is 0.217 e. The summed E-state index contributed by atoms with van der Waals surface area (Å²) in [5.41, 5.74) is 0.503. The molecule has 1 unspecified atom stereocenters. The Bertz CT molecular complexity index is 330. The highest BCUT2D eigenvalue weighted by molar-refractivity contribution is 5.65. The molecule has 0 saturated heterocycles. The van der Waals surface area contributed by atoms with E-state index in [1.165, 1.54) is 0 Å². The van der Waals surface area contributed by atoms with Gasteiger partial charge in [-0.15, -0.1) is 0 Å². The van der Waals surface area contributed by atoms with Crippen LogP contribution in [0.25, 0.3) is 5.76 Å². The summed E-state index contributed by atoms with van der Waals surface area (Å²) in [6, 6.07) is 6.83. The molecule has 1 aliphatic rings. The second-order valence-electron chi connectivity index (χ2n) is 2.54. The molecule has 1 aliphatic heterocycles. The lowest BCUT2D eigenvalue weighted by Crippen LogP contribution is -2.21. The number of aliphatic hydroxyl groups is 1. The van der Waals surface area contributed by atoms with Crippen LogP contribution in [0, 0.1) is 0 Å². The number of rotatable bonds is 0. The Morgan fingerprint density at radius 2 is 2.08 bits per heavy atom. The van der Waals surface area contributed by atoms with Crippen molar-refractivity contribution in [1.29, 1.82) is 0 Å². The van der Waals surface area contributed by atoms with Gasteiger partial charge in [0, 0.05) is 5.56 Å². The van der Waals surface area contributed by atoms with Gasteiger partial charge >= 0.3 is 0 Å². The van der Waals surface area contributed by atoms with Gasteiger partial charge in [-0.2, -0.15) is 0 Å². The molecule has 0 fully saturated rings. The molecule has 1 aromatic rings. The molecule has 0 aliphatic carbocycles. The summed E-state index contributed by atoms with van der Waals surface area (Å²) in [5.74, 6) is 0.252. The van der Waals surface area contributed by atoms with Crippen LogP contribution in [0.15, 0.2) is 30.3 Å². The molecule has 62 valence electrons. The predicted octanol–water partition coefficient (Wildman–Crippen LogP) is 0.0986. The molecule has 0 spiro atoms. The van der Waals surface area contributed by atoms with Crippen LogP contribution < -0.4 is 9.84 Å². The first-order valence-corrected chi connectivity index (χ1v) is 3.60. The fourth-order valence-electron chi connectivity index (χ4n) is 1.16. The molecule has 0 saturated carbocycles. The van der Waals surface area contributed by atoms with E-state index in [0.29, 0.717) is 11.3 Å². The number of hydrogen-bond donors (Lipinski definition) is 1. The van der Waals surface area contributed by atoms with Gasteiger partial charge in [-0.1, -0.05) is 24.0 Å². The quantitative estimate of drug-likeness (QED) is 0.590. The summed E-state index contributed by atoms with van der Waals surface area (Å²) in [6.07, 6.45) is 0.0369. The van der Waals surface area contributed by atoms with Crippen molar-refractivity contribution in [1.82, 2.24) is 0 Å². The van der Waals surface area contributed by atoms with Crippen molar-refractivity contribution in [3.05, 3.63) is 35.9 Å². The third-order valence-corrected chi connectivity index (χ3v) is 1.69. The third kappa shape index (κ3) is 1.04. The Morgan fingerprint density at radius 3 is 2.92 bits per heavy atom. The summed E-state index contributed by atoms with van der Waals surface area (Å²) in [4.78, 5) is 0. The fourth-order valence-corrected chi connectivity index (χ4v) is 1.16. The normalized spacial score (nSPS) is 20.8. The van der Waals surface area contributed by atoms with E-state index in [1.54, 1.807) is 24.3 Å². The first-order valence-electron chi connectivity index (χ1n) is 3.60. The van der Waals surface area contributed by atoms with Crippen LogP contribution in [0.4, 0.5) is 0 Å². The topological polar surface area (TPSA) is 52.5 Å². The summed E-state index contributed by atoms with van der Waals surface area (Å²) in [5, 5.41) is 20.2. The molecule has 3 nitrogen and oxygen atoms in total. The predicted molar refractivity (Wildman–Crippen MR) is 41.1 cm³/mol. The number of benzene rings is 1. The summed E-state index contributed by atoms with van der Waals surface area (Å²) < 4.78 is 4.98. The van der Waals surface area contributed by atoms with Gasteiger partial charge in [-0.25, -0.2) is 0 Å². The zero-order chi connectivity index (χ0) is 8.55. The Morgan fingerprint density at radius 1 is 1.33 bits per heavy atom. The Balaban J connectivity index is 2.53. The molecule has 1 aromatic carbocycles. The second kappa shape index (κ2) is 2.53. The highest BCUT2D eigenvalue weighted by atomic mass is 16.6. The number of hydrogen-bond acceptors (Lipinski definition) is 3. The average molecular weight is 163 g/mol. The van der Waals surface area contributed by atoms with Crippen LogP contribution in [0.3, 0.4) is 0 Å². The molecule has 3 heteroatoms. The molecule has 0 aromatic heterocycles. The first-order chi connectivity index (χ1) is 5.77. The van der Waals surface area contributed by atoms with E-state index in [9.17, 15) is 5.11 Å². The molecule has 2 rings (SSSR count). The van der Waals surface area contributed by atoms with Gasteiger partial charge in [0.15, 0.2) is 0 Å². The molecule has 0 radical (unpaired) electrons. The first kappa shape index (κ1) is 7.18. The molecule has 1 atom stereocenters. The zero-order valence-electron chi connectivity index (χ0n) is 6.23. The van der Waals surface area contributed by atoms with E-state index < -0.39 is 6.29 Å². The standard InChI is InChI=1S/C9H8O3/c10-7-5-9(11)12-8-4-2-1-3-6(7)8/h1-5,9-11H/p-1. The van der Waals surface area contributed by atoms with E-state index in [-0.39, 0.29) is 5.76 Å². The molecule has 12 heavy (non-hydrogen) atoms. The van der Waals surface area contributed by atoms with Gasteiger partial charge in [-0.3, -0.25) is 0 Å². The average Bonchev–Trinajstić information content (AvgIpc) is 2.04. The highest BCUT2D eigenvalue weighted by Crippen LogP contribution is 2.27. The Kier molecular flexibility index (Phi) is 1.52. The fraction of sp³-hybridized carbons (Fsp3) is 0.111. The minimum Gasteiger partial charge on any atom is -0.872 e. The van der Waals surface area contributed by atoms with Crippen LogP contribution in [0.2, 0.25) is 0 Å². The molecule has 0 amide bonds. The number of para-hydroxylation sites is 1. The van der Waals surface area contributed by atoms with Crippen molar-refractivity contribution in [2.24, 2.45) is 0 Å². The lowest BCUT2D eigenvalue weighted by atomic mass is 10.1. The molecular formula is C9H7O3-. The van der Waals surface area contributed by atoms with Crippen molar-refractivity contribution in [3.63, 3.8) is 0 Å². The molecular weight excluding hydrogens is 156 g/mol. The highest BCUT2D eigenvalue weighted by Gasteiger charge is 2.11. The van der Waals surface area contributed by atoms with Crippen molar-refractivity contribution >= 4 is 5.76 Å². The van der Waals surface area contributed by atoms with Crippen LogP contribution in [0.1, 0.15) is 5.56 Å². The lowest BCUT2D eigenvalue weighted by molar-refractivity contribution is -0.246. The van der Waals surface area contributed by atoms with E-state index in [0.717, 1.165) is 6.08 Å². The van der Waals surface area contributed by atoms with Crippen molar-refractivity contribution < 1.29 is 14.9 Å². The largest absolute Gasteiger partial charge is 0.872 e. The monoisotopic (exact) mass is 163 g/mol. The minimum absolute atomic E-state index is 0.190. The Hall–Kier alpha value is -1.48. The number of ether oxygens (including phenoxy) is 1. The van der Waals surface area contributed by atoms with Gasteiger partial charge < -0.3 is 14.9 Å². The SMILES string of the molecule is [O-]C1=CC(O)Oc2ccccc21. The van der Waals surface area contributed by atoms with Gasteiger partial charge in [0.1, 0.15) is 5.75 Å². The van der Waals surface area contributed by atoms with Crippen molar-refractivity contribution in [2.75, 3.05) is 0 Å². The maximum Gasteiger partial charge on any atom is 0.217 e. The second-order valence-corrected chi connectivity index (χ2v) is 2.54. The van der Waals surface area contributed by atoms with Crippen molar-refractivity contribution in [2.45, 2.75) is 6.29 Å². The zero-order valence-corrected chi connectivity index (χ0v) is 6.23. The third-order valence-electron chi connectivity index (χ3n) is 1.69. The van der Waals surface area contributed by atoms with Gasteiger partial charge in [-0.05, 0) is 12.1 Å². The lowest BCUT2D eigenvalue weighted by Gasteiger charge is -2.24. The van der Waals surface area contributed by atoms with Crippen LogP contribution >= 0.6 is 0 Å². The van der Waals surface area contributed by atoms with Crippen LogP contribution in [0.5, 0.6) is 5.75 Å². The molecule has 1 heterocycles. The molecule has 1 N–H and O–H groups in total. The Labute approximate surface area is 69.5 Å². The maximum absolute atomic E-state index is 11.2. The molecule has 0 bridgehead atoms. The van der Waals surface area contributed by atoms with E-state index in [4.69, 9.17) is 9.84 Å². The van der Waals surface area contributed by atoms with E-state index >= 15 is 0 Å². The van der Waals surface area contributed by atoms with Gasteiger partial charge in [0.05, 0.1) is 0 Å². The van der Waals surface area contributed by atoms with Gasteiger partial charge in [0.2, 0.25) is 6.29 Å². The van der Waals surface area contributed by atoms with Crippen molar-refractivity contribution in [3.8, 4) is 5.75 Å². The minimum atomic E-state index is -1.10. The maximum atomic E-state index is 11.2. The summed E-state index contributed by atoms with van der Waals surface area (Å²) in [6.45, 7) is 0. The van der Waals surface area contributed by atoms with Gasteiger partial charge in [0.25, 0.3) is 0 Å². The number of fused-ring (bicyclic) bond motifs is 1. The van der Waals surface area contributed by atoms with Crippen LogP contribution in [-0.2, 0) is 0 Å². The number of aliphatic hydroxyl groups excluding tert-OH is 1. The van der Waals surface area contributed by atoms with E-state index in [2.05, 4.69) is 0 Å². The van der Waals surface area contributed by atoms with Crippen LogP contribution in [-0.4, -0.2) is 11.4 Å². The van der Waals surface area contributed by atoms with E-state index in [1.807, 2.05) is 0 Å². The summed E-state index contributed by atoms with van der Waals surface area (Å²) in [7, 11) is 0.